The molecule has 2 heteroatoms. The zero-order valence-electron chi connectivity index (χ0n) is 4.33. The Kier molecular flexibility index (Phi) is 2.60. The lowest BCUT2D eigenvalue weighted by Crippen LogP contribution is -1.79. The molecule has 0 radical (unpaired) electrons. The second-order valence-electron chi connectivity index (χ2n) is 1.81. The van der Waals surface area contributed by atoms with Crippen LogP contribution in [-0.4, -0.2) is 11.2 Å². The molecule has 0 aliphatic heterocycles. The Labute approximate surface area is 43.4 Å². The molecule has 0 bridgehead atoms. The minimum Gasteiger partial charge on any atom is -0.412 e. The molecule has 0 aromatic heterocycles. The van der Waals surface area contributed by atoms with E-state index in [9.17, 15) is 0 Å². The van der Waals surface area contributed by atoms with Crippen molar-refractivity contribution in [3.8, 4) is 0 Å². The molecule has 1 aliphatic rings. The van der Waals surface area contributed by atoms with E-state index in [4.69, 9.17) is 5.41 Å². The Morgan fingerprint density at radius 1 is 1.14 bits per heavy atom. The van der Waals surface area contributed by atoms with Crippen LogP contribution in [0.15, 0.2) is 0 Å². The van der Waals surface area contributed by atoms with Crippen molar-refractivity contribution in [3.05, 3.63) is 0 Å². The van der Waals surface area contributed by atoms with Crippen molar-refractivity contribution in [2.45, 2.75) is 25.7 Å². The van der Waals surface area contributed by atoms with E-state index in [-0.39, 0.29) is 5.48 Å². The van der Waals surface area contributed by atoms with E-state index in [2.05, 4.69) is 0 Å². The lowest BCUT2D eigenvalue weighted by atomic mass is 10.3. The third-order valence-corrected chi connectivity index (χ3v) is 1.21. The summed E-state index contributed by atoms with van der Waals surface area (Å²) < 4.78 is 0. The molecule has 0 heterocycles. The Morgan fingerprint density at radius 2 is 1.57 bits per heavy atom. The molecule has 0 amide bonds. The molecule has 1 aliphatic carbocycles. The fourth-order valence-electron chi connectivity index (χ4n) is 0.802. The van der Waals surface area contributed by atoms with Crippen molar-refractivity contribution in [2.75, 3.05) is 0 Å². The van der Waals surface area contributed by atoms with E-state index in [1.165, 1.54) is 12.8 Å². The predicted octanol–water partition coefficient (Wildman–Crippen LogP) is 0.755. The van der Waals surface area contributed by atoms with Crippen LogP contribution in [0.4, 0.5) is 0 Å². The molecule has 0 aromatic carbocycles. The second-order valence-corrected chi connectivity index (χ2v) is 1.81. The minimum atomic E-state index is 0. The van der Waals surface area contributed by atoms with Crippen LogP contribution in [0.1, 0.15) is 25.7 Å². The van der Waals surface area contributed by atoms with Gasteiger partial charge in [-0.25, -0.2) is 0 Å². The molecule has 0 aromatic rings. The van der Waals surface area contributed by atoms with Crippen LogP contribution in [0.2, 0.25) is 0 Å². The smallest absolute Gasteiger partial charge is 0.00891 e. The molecule has 0 unspecified atom stereocenters. The maximum absolute atomic E-state index is 7.05. The quantitative estimate of drug-likeness (QED) is 0.468. The fourth-order valence-corrected chi connectivity index (χ4v) is 0.802. The van der Waals surface area contributed by atoms with E-state index in [0.717, 1.165) is 18.6 Å². The molecule has 1 saturated carbocycles. The third-order valence-electron chi connectivity index (χ3n) is 1.21. The van der Waals surface area contributed by atoms with Gasteiger partial charge in [0.15, 0.2) is 0 Å². The number of nitrogens with one attached hydrogen (secondary N) is 1. The Morgan fingerprint density at radius 3 is 1.71 bits per heavy atom. The standard InChI is InChI=1S/C5H9N.H2O/c6-5-3-1-2-4-5;/h6H,1-4H2;1H2. The van der Waals surface area contributed by atoms with Crippen molar-refractivity contribution in [2.24, 2.45) is 0 Å². The molecule has 0 atom stereocenters. The van der Waals surface area contributed by atoms with Gasteiger partial charge >= 0.3 is 0 Å². The summed E-state index contributed by atoms with van der Waals surface area (Å²) in [4.78, 5) is 0. The Bertz CT molecular complexity index is 62.5. The highest BCUT2D eigenvalue weighted by molar-refractivity contribution is 5.82. The van der Waals surface area contributed by atoms with Gasteiger partial charge in [0.2, 0.25) is 0 Å². The summed E-state index contributed by atoms with van der Waals surface area (Å²) in [6.45, 7) is 0. The first-order chi connectivity index (χ1) is 2.89. The highest BCUT2D eigenvalue weighted by Crippen LogP contribution is 2.11. The number of hydrogen-bond donors (Lipinski definition) is 1. The average molecular weight is 101 g/mol. The monoisotopic (exact) mass is 101 g/mol. The molecule has 3 N–H and O–H groups in total. The first-order valence-electron chi connectivity index (χ1n) is 2.46. The zero-order valence-corrected chi connectivity index (χ0v) is 4.33. The molecular formula is C5H11NO. The fraction of sp³-hybridized carbons (Fsp3) is 0.800. The van der Waals surface area contributed by atoms with Crippen LogP contribution >= 0.6 is 0 Å². The second kappa shape index (κ2) is 2.75. The van der Waals surface area contributed by atoms with Gasteiger partial charge in [-0.05, 0) is 25.7 Å². The van der Waals surface area contributed by atoms with Gasteiger partial charge in [-0.2, -0.15) is 0 Å². The Balaban J connectivity index is 0.000000360. The van der Waals surface area contributed by atoms with Crippen molar-refractivity contribution >= 4 is 5.71 Å². The molecule has 2 nitrogen and oxygen atoms in total. The van der Waals surface area contributed by atoms with E-state index in [0.29, 0.717) is 0 Å². The van der Waals surface area contributed by atoms with Gasteiger partial charge in [0, 0.05) is 5.71 Å². The maximum atomic E-state index is 7.05. The van der Waals surface area contributed by atoms with Gasteiger partial charge in [-0.1, -0.05) is 0 Å². The van der Waals surface area contributed by atoms with Crippen LogP contribution in [0.25, 0.3) is 0 Å². The summed E-state index contributed by atoms with van der Waals surface area (Å²) in [5, 5.41) is 7.05. The zero-order chi connectivity index (χ0) is 4.41. The van der Waals surface area contributed by atoms with Gasteiger partial charge in [0.25, 0.3) is 0 Å². The molecule has 42 valence electrons. The highest BCUT2D eigenvalue weighted by Gasteiger charge is 2.03. The first kappa shape index (κ1) is 6.63. The third kappa shape index (κ3) is 1.69. The van der Waals surface area contributed by atoms with Crippen molar-refractivity contribution in [1.82, 2.24) is 0 Å². The van der Waals surface area contributed by atoms with Gasteiger partial charge in [-0.3, -0.25) is 0 Å². The van der Waals surface area contributed by atoms with E-state index < -0.39 is 0 Å². The van der Waals surface area contributed by atoms with Crippen molar-refractivity contribution in [1.29, 1.82) is 5.41 Å². The van der Waals surface area contributed by atoms with Crippen LogP contribution in [-0.2, 0) is 0 Å². The summed E-state index contributed by atoms with van der Waals surface area (Å²) >= 11 is 0. The van der Waals surface area contributed by atoms with Crippen LogP contribution in [0, 0.1) is 5.41 Å². The topological polar surface area (TPSA) is 55.4 Å². The highest BCUT2D eigenvalue weighted by atomic mass is 16.0. The van der Waals surface area contributed by atoms with Crippen LogP contribution in [0.5, 0.6) is 0 Å². The molecule has 1 rings (SSSR count). The molecule has 1 fully saturated rings. The van der Waals surface area contributed by atoms with Gasteiger partial charge in [-0.15, -0.1) is 0 Å². The van der Waals surface area contributed by atoms with Crippen molar-refractivity contribution in [3.63, 3.8) is 0 Å². The maximum Gasteiger partial charge on any atom is 0.00891 e. The minimum absolute atomic E-state index is 0. The summed E-state index contributed by atoms with van der Waals surface area (Å²) in [6.07, 6.45) is 4.66. The lowest BCUT2D eigenvalue weighted by Gasteiger charge is -1.77. The van der Waals surface area contributed by atoms with E-state index >= 15 is 0 Å². The first-order valence-corrected chi connectivity index (χ1v) is 2.46. The van der Waals surface area contributed by atoms with Gasteiger partial charge < -0.3 is 10.9 Å². The molecule has 0 spiro atoms. The molecule has 0 saturated heterocycles. The number of rotatable bonds is 0. The van der Waals surface area contributed by atoms with E-state index in [1.54, 1.807) is 0 Å². The van der Waals surface area contributed by atoms with E-state index in [1.807, 2.05) is 0 Å². The summed E-state index contributed by atoms with van der Waals surface area (Å²) in [5.41, 5.74) is 0.954. The predicted molar refractivity (Wildman–Crippen MR) is 29.8 cm³/mol. The molecule has 7 heavy (non-hydrogen) atoms. The van der Waals surface area contributed by atoms with Gasteiger partial charge in [0.05, 0.1) is 0 Å². The summed E-state index contributed by atoms with van der Waals surface area (Å²) in [7, 11) is 0. The summed E-state index contributed by atoms with van der Waals surface area (Å²) in [5.74, 6) is 0. The largest absolute Gasteiger partial charge is 0.412 e. The lowest BCUT2D eigenvalue weighted by molar-refractivity contribution is 0.824. The van der Waals surface area contributed by atoms with Gasteiger partial charge in [0.1, 0.15) is 0 Å². The molecular weight excluding hydrogens is 90.1 g/mol. The Hall–Kier alpha value is -0.370. The number of hydrogen-bond acceptors (Lipinski definition) is 1. The average Bonchev–Trinajstić information content (AvgIpc) is 1.86. The normalized spacial score (nSPS) is 19.1. The van der Waals surface area contributed by atoms with Crippen LogP contribution < -0.4 is 0 Å². The summed E-state index contributed by atoms with van der Waals surface area (Å²) in [6, 6.07) is 0. The SMILES string of the molecule is N=C1CCCC1.O. The van der Waals surface area contributed by atoms with Crippen LogP contribution in [0.3, 0.4) is 0 Å². The van der Waals surface area contributed by atoms with Crippen molar-refractivity contribution < 1.29 is 5.48 Å².